The SMILES string of the molecule is CCCCCCOC(C)c1cccc(-c2csc(NC(=O)c3cc(Cl)c(/C=C(\C)C(=O)O)c(Cl)c3)n2)c1OC. The van der Waals surface area contributed by atoms with Crippen molar-refractivity contribution < 1.29 is 24.2 Å². The number of ether oxygens (including phenoxy) is 2. The summed E-state index contributed by atoms with van der Waals surface area (Å²) in [4.78, 5) is 28.7. The number of nitrogens with one attached hydrogen (secondary N) is 1. The second-order valence-corrected chi connectivity index (χ2v) is 10.7. The zero-order valence-electron chi connectivity index (χ0n) is 22.3. The van der Waals surface area contributed by atoms with E-state index in [0.717, 1.165) is 24.0 Å². The summed E-state index contributed by atoms with van der Waals surface area (Å²) in [7, 11) is 1.62. The molecule has 0 aliphatic heterocycles. The van der Waals surface area contributed by atoms with Gasteiger partial charge in [0.1, 0.15) is 5.75 Å². The summed E-state index contributed by atoms with van der Waals surface area (Å²) < 4.78 is 11.8. The molecule has 1 amide bonds. The number of carbonyl (C=O) groups is 2. The lowest BCUT2D eigenvalue weighted by atomic mass is 10.0. The molecule has 1 aromatic heterocycles. The van der Waals surface area contributed by atoms with Crippen molar-refractivity contribution in [3.8, 4) is 17.0 Å². The van der Waals surface area contributed by atoms with Crippen LogP contribution in [0.4, 0.5) is 5.13 Å². The molecule has 208 valence electrons. The second kappa shape index (κ2) is 14.5. The van der Waals surface area contributed by atoms with Crippen molar-refractivity contribution in [3.05, 3.63) is 68.0 Å². The maximum absolute atomic E-state index is 12.9. The Labute approximate surface area is 242 Å². The van der Waals surface area contributed by atoms with E-state index >= 15 is 0 Å². The van der Waals surface area contributed by atoms with Crippen LogP contribution in [-0.2, 0) is 9.53 Å². The van der Waals surface area contributed by atoms with Gasteiger partial charge in [-0.15, -0.1) is 11.3 Å². The molecule has 3 rings (SSSR count). The normalized spacial score (nSPS) is 12.3. The third-order valence-electron chi connectivity index (χ3n) is 6.09. The first-order valence-corrected chi connectivity index (χ1v) is 14.3. The summed E-state index contributed by atoms with van der Waals surface area (Å²) in [6.07, 6.45) is 5.77. The number of halogens is 2. The van der Waals surface area contributed by atoms with E-state index in [0.29, 0.717) is 28.7 Å². The first-order chi connectivity index (χ1) is 18.7. The second-order valence-electron chi connectivity index (χ2n) is 8.98. The van der Waals surface area contributed by atoms with Crippen LogP contribution in [0.2, 0.25) is 10.0 Å². The van der Waals surface area contributed by atoms with Gasteiger partial charge in [-0.05, 0) is 44.5 Å². The van der Waals surface area contributed by atoms with Crippen LogP contribution in [-0.4, -0.2) is 35.7 Å². The van der Waals surface area contributed by atoms with Crippen molar-refractivity contribution in [1.29, 1.82) is 0 Å². The highest BCUT2D eigenvalue weighted by atomic mass is 35.5. The van der Waals surface area contributed by atoms with Gasteiger partial charge in [0.15, 0.2) is 5.13 Å². The Morgan fingerprint density at radius 1 is 1.18 bits per heavy atom. The summed E-state index contributed by atoms with van der Waals surface area (Å²) in [5, 5.41) is 14.4. The molecule has 7 nitrogen and oxygen atoms in total. The first kappa shape index (κ1) is 30.6. The number of anilines is 1. The highest BCUT2D eigenvalue weighted by Gasteiger charge is 2.19. The van der Waals surface area contributed by atoms with Crippen LogP contribution in [0.15, 0.2) is 41.3 Å². The molecule has 0 fully saturated rings. The molecule has 2 N–H and O–H groups in total. The van der Waals surface area contributed by atoms with E-state index in [-0.39, 0.29) is 27.3 Å². The number of carboxylic acid groups (broad SMARTS) is 1. The smallest absolute Gasteiger partial charge is 0.331 e. The lowest BCUT2D eigenvalue weighted by Gasteiger charge is -2.18. The summed E-state index contributed by atoms with van der Waals surface area (Å²) in [5.41, 5.74) is 3.00. The molecule has 0 saturated carbocycles. The Bertz CT molecular complexity index is 1330. The van der Waals surface area contributed by atoms with E-state index < -0.39 is 11.9 Å². The molecule has 1 unspecified atom stereocenters. The van der Waals surface area contributed by atoms with Gasteiger partial charge in [-0.3, -0.25) is 10.1 Å². The third-order valence-corrected chi connectivity index (χ3v) is 7.48. The minimum Gasteiger partial charge on any atom is -0.496 e. The van der Waals surface area contributed by atoms with Gasteiger partial charge in [0, 0.05) is 39.8 Å². The van der Waals surface area contributed by atoms with Gasteiger partial charge in [-0.1, -0.05) is 61.5 Å². The highest BCUT2D eigenvalue weighted by molar-refractivity contribution is 7.14. The summed E-state index contributed by atoms with van der Waals surface area (Å²) in [6, 6.07) is 8.72. The fourth-order valence-electron chi connectivity index (χ4n) is 3.94. The van der Waals surface area contributed by atoms with Gasteiger partial charge in [-0.25, -0.2) is 9.78 Å². The molecule has 1 atom stereocenters. The minimum atomic E-state index is -1.09. The zero-order valence-corrected chi connectivity index (χ0v) is 24.7. The number of unbranched alkanes of at least 4 members (excludes halogenated alkanes) is 3. The van der Waals surface area contributed by atoms with Crippen LogP contribution in [0.5, 0.6) is 5.75 Å². The number of para-hydroxylation sites is 1. The lowest BCUT2D eigenvalue weighted by molar-refractivity contribution is -0.132. The molecular weight excluding hydrogens is 559 g/mol. The number of hydrogen-bond acceptors (Lipinski definition) is 6. The maximum Gasteiger partial charge on any atom is 0.331 e. The van der Waals surface area contributed by atoms with Crippen LogP contribution >= 0.6 is 34.5 Å². The predicted octanol–water partition coefficient (Wildman–Crippen LogP) is 8.52. The molecule has 3 aromatic rings. The highest BCUT2D eigenvalue weighted by Crippen LogP contribution is 2.38. The van der Waals surface area contributed by atoms with Gasteiger partial charge in [0.05, 0.1) is 29.0 Å². The van der Waals surface area contributed by atoms with Crippen LogP contribution in [0.1, 0.15) is 74.0 Å². The summed E-state index contributed by atoms with van der Waals surface area (Å²) >= 11 is 13.9. The molecule has 10 heteroatoms. The van der Waals surface area contributed by atoms with Crippen molar-refractivity contribution in [1.82, 2.24) is 4.98 Å². The van der Waals surface area contributed by atoms with E-state index in [1.807, 2.05) is 30.5 Å². The van der Waals surface area contributed by atoms with Crippen LogP contribution in [0, 0.1) is 0 Å². The third kappa shape index (κ3) is 8.05. The average Bonchev–Trinajstić information content (AvgIpc) is 3.37. The largest absolute Gasteiger partial charge is 0.496 e. The molecule has 0 aliphatic rings. The molecule has 0 radical (unpaired) electrons. The van der Waals surface area contributed by atoms with Crippen molar-refractivity contribution in [2.24, 2.45) is 0 Å². The average molecular weight is 592 g/mol. The Kier molecular flexibility index (Phi) is 11.4. The minimum absolute atomic E-state index is 0.0683. The summed E-state index contributed by atoms with van der Waals surface area (Å²) in [6.45, 7) is 6.31. The Balaban J connectivity index is 1.77. The Morgan fingerprint density at radius 3 is 2.54 bits per heavy atom. The van der Waals surface area contributed by atoms with Crippen molar-refractivity contribution in [3.63, 3.8) is 0 Å². The fraction of sp³-hybridized carbons (Fsp3) is 0.345. The van der Waals surface area contributed by atoms with Crippen molar-refractivity contribution >= 4 is 57.6 Å². The molecule has 0 aliphatic carbocycles. The number of rotatable bonds is 13. The predicted molar refractivity (Wildman–Crippen MR) is 158 cm³/mol. The van der Waals surface area contributed by atoms with E-state index in [9.17, 15) is 9.59 Å². The number of carboxylic acids is 1. The fourth-order valence-corrected chi connectivity index (χ4v) is 5.24. The van der Waals surface area contributed by atoms with Gasteiger partial charge >= 0.3 is 5.97 Å². The van der Waals surface area contributed by atoms with Crippen LogP contribution in [0.25, 0.3) is 17.3 Å². The molecule has 0 spiro atoms. The maximum atomic E-state index is 12.9. The van der Waals surface area contributed by atoms with Gasteiger partial charge < -0.3 is 14.6 Å². The van der Waals surface area contributed by atoms with Crippen LogP contribution < -0.4 is 10.1 Å². The molecule has 0 saturated heterocycles. The molecule has 39 heavy (non-hydrogen) atoms. The van der Waals surface area contributed by atoms with Gasteiger partial charge in [0.2, 0.25) is 0 Å². The Morgan fingerprint density at radius 2 is 1.90 bits per heavy atom. The van der Waals surface area contributed by atoms with Crippen molar-refractivity contribution in [2.75, 3.05) is 19.0 Å². The molecular formula is C29H32Cl2N2O5S. The van der Waals surface area contributed by atoms with E-state index in [4.69, 9.17) is 37.8 Å². The standard InChI is InChI=1S/C29H32Cl2N2O5S/c1-5-6-7-8-12-38-18(3)20-10-9-11-21(26(20)37-4)25-16-39-29(32-25)33-27(34)19-14-23(30)22(24(31)15-19)13-17(2)28(35)36/h9-11,13-16,18H,5-8,12H2,1-4H3,(H,35,36)(H,32,33,34)/b17-13+. The quantitative estimate of drug-likeness (QED) is 0.153. The van der Waals surface area contributed by atoms with E-state index in [2.05, 4.69) is 17.2 Å². The number of nitrogens with zero attached hydrogens (tertiary/aromatic N) is 1. The number of benzene rings is 2. The molecule has 0 bridgehead atoms. The zero-order chi connectivity index (χ0) is 28.5. The van der Waals surface area contributed by atoms with Gasteiger partial charge in [0.25, 0.3) is 5.91 Å². The summed E-state index contributed by atoms with van der Waals surface area (Å²) in [5.74, 6) is -0.855. The number of aliphatic carboxylic acids is 1. The topological polar surface area (TPSA) is 97.8 Å². The number of hydrogen-bond donors (Lipinski definition) is 2. The number of methoxy groups -OCH3 is 1. The Hall–Kier alpha value is -2.91. The number of thiazole rings is 1. The number of amides is 1. The monoisotopic (exact) mass is 590 g/mol. The van der Waals surface area contributed by atoms with Crippen molar-refractivity contribution in [2.45, 2.75) is 52.6 Å². The van der Waals surface area contributed by atoms with Gasteiger partial charge in [-0.2, -0.15) is 0 Å². The number of aromatic nitrogens is 1. The lowest BCUT2D eigenvalue weighted by Crippen LogP contribution is -2.12. The molecule has 1 heterocycles. The molecule has 2 aromatic carbocycles. The van der Waals surface area contributed by atoms with E-state index in [1.54, 1.807) is 7.11 Å². The van der Waals surface area contributed by atoms with Crippen LogP contribution in [0.3, 0.4) is 0 Å². The first-order valence-electron chi connectivity index (χ1n) is 12.6. The number of carbonyl (C=O) groups excluding carboxylic acids is 1. The van der Waals surface area contributed by atoms with E-state index in [1.165, 1.54) is 49.3 Å².